The third-order valence-electron chi connectivity index (χ3n) is 3.94. The third kappa shape index (κ3) is 1.94. The fourth-order valence-corrected chi connectivity index (χ4v) is 3.65. The fourth-order valence-electron chi connectivity index (χ4n) is 3.00. The van der Waals surface area contributed by atoms with Crippen LogP contribution in [0.25, 0.3) is 10.8 Å². The highest BCUT2D eigenvalue weighted by Crippen LogP contribution is 2.28. The number of rotatable bonds is 3. The molecule has 2 aromatic heterocycles. The van der Waals surface area contributed by atoms with Gasteiger partial charge in [-0.05, 0) is 24.4 Å². The highest BCUT2D eigenvalue weighted by Gasteiger charge is 2.42. The smallest absolute Gasteiger partial charge is 0.268 e. The minimum Gasteiger partial charge on any atom is -0.333 e. The van der Waals surface area contributed by atoms with Crippen LogP contribution in [0, 0.1) is 0 Å². The molecule has 2 aromatic rings. The van der Waals surface area contributed by atoms with Gasteiger partial charge in [-0.1, -0.05) is 11.2 Å². The highest BCUT2D eigenvalue weighted by molar-refractivity contribution is 7.13. The van der Waals surface area contributed by atoms with Crippen LogP contribution in [0.3, 0.4) is 0 Å². The lowest BCUT2D eigenvalue weighted by Crippen LogP contribution is -2.35. The predicted molar refractivity (Wildman–Crippen MR) is 73.0 cm³/mol. The maximum atomic E-state index is 12.0. The molecule has 0 spiro atoms. The third-order valence-corrected chi connectivity index (χ3v) is 4.80. The molecular formula is C13H14N4O2S. The molecule has 0 radical (unpaired) electrons. The number of nitrogens with one attached hydrogen (secondary N) is 1. The normalized spacial score (nSPS) is 25.4. The van der Waals surface area contributed by atoms with Crippen molar-refractivity contribution in [3.63, 3.8) is 0 Å². The Morgan fingerprint density at radius 1 is 1.55 bits per heavy atom. The molecule has 0 saturated carbocycles. The van der Waals surface area contributed by atoms with Gasteiger partial charge in [-0.15, -0.1) is 11.3 Å². The fraction of sp³-hybridized carbons (Fsp3) is 0.462. The van der Waals surface area contributed by atoms with Gasteiger partial charge >= 0.3 is 0 Å². The minimum atomic E-state index is 0.176. The topological polar surface area (TPSA) is 71.3 Å². The summed E-state index contributed by atoms with van der Waals surface area (Å²) in [6.07, 6.45) is 1.59. The first-order chi connectivity index (χ1) is 9.81. The lowest BCUT2D eigenvalue weighted by Gasteiger charge is -2.21. The first kappa shape index (κ1) is 12.0. The molecule has 2 aliphatic rings. The standard InChI is InChI=1S/C13H14N4O2S/c18-12-6-8-9(3-4-14-8)17(12)7-11-15-13(19-16-11)10-2-1-5-20-10/h1-2,5,8-9,14H,3-4,6-7H2/t8-,9-/m1/s1. The van der Waals surface area contributed by atoms with E-state index >= 15 is 0 Å². The number of carbonyl (C=O) groups excluding carboxylic acids is 1. The Hall–Kier alpha value is -1.73. The molecule has 0 bridgehead atoms. The van der Waals surface area contributed by atoms with Gasteiger partial charge in [0, 0.05) is 18.5 Å². The van der Waals surface area contributed by atoms with Gasteiger partial charge in [-0.3, -0.25) is 4.79 Å². The second kappa shape index (κ2) is 4.68. The number of fused-ring (bicyclic) bond motifs is 1. The van der Waals surface area contributed by atoms with Gasteiger partial charge in [0.1, 0.15) is 0 Å². The Labute approximate surface area is 119 Å². The molecule has 2 atom stereocenters. The van der Waals surface area contributed by atoms with Gasteiger partial charge < -0.3 is 14.7 Å². The molecule has 4 heterocycles. The molecular weight excluding hydrogens is 276 g/mol. The molecule has 0 unspecified atom stereocenters. The Bertz CT molecular complexity index is 624. The van der Waals surface area contributed by atoms with Gasteiger partial charge in [-0.2, -0.15) is 4.98 Å². The first-order valence-electron chi connectivity index (χ1n) is 6.70. The van der Waals surface area contributed by atoms with Gasteiger partial charge in [-0.25, -0.2) is 0 Å². The number of amides is 1. The van der Waals surface area contributed by atoms with Crippen LogP contribution in [-0.2, 0) is 11.3 Å². The minimum absolute atomic E-state index is 0.176. The van der Waals surface area contributed by atoms with Gasteiger partial charge in [0.25, 0.3) is 5.89 Å². The number of hydrogen-bond donors (Lipinski definition) is 1. The van der Waals surface area contributed by atoms with Gasteiger partial charge in [0.05, 0.1) is 11.4 Å². The molecule has 0 aliphatic carbocycles. The van der Waals surface area contributed by atoms with E-state index in [1.54, 1.807) is 11.3 Å². The quantitative estimate of drug-likeness (QED) is 0.921. The summed E-state index contributed by atoms with van der Waals surface area (Å²) in [5.74, 6) is 1.28. The Balaban J connectivity index is 1.53. The summed E-state index contributed by atoms with van der Waals surface area (Å²) < 4.78 is 5.26. The maximum Gasteiger partial charge on any atom is 0.268 e. The van der Waals surface area contributed by atoms with E-state index in [1.165, 1.54) is 0 Å². The van der Waals surface area contributed by atoms with Crippen molar-refractivity contribution in [3.8, 4) is 10.8 Å². The molecule has 0 aromatic carbocycles. The summed E-state index contributed by atoms with van der Waals surface area (Å²) in [5, 5.41) is 9.33. The van der Waals surface area contributed by atoms with E-state index in [2.05, 4.69) is 15.5 Å². The van der Waals surface area contributed by atoms with Crippen molar-refractivity contribution in [1.29, 1.82) is 0 Å². The van der Waals surface area contributed by atoms with E-state index in [4.69, 9.17) is 4.52 Å². The van der Waals surface area contributed by atoms with Crippen LogP contribution in [0.2, 0.25) is 0 Å². The number of likely N-dealkylation sites (tertiary alicyclic amines) is 1. The number of carbonyl (C=O) groups is 1. The number of aromatic nitrogens is 2. The summed E-state index contributed by atoms with van der Waals surface area (Å²) >= 11 is 1.56. The van der Waals surface area contributed by atoms with Crippen molar-refractivity contribution in [2.75, 3.05) is 6.54 Å². The zero-order valence-electron chi connectivity index (χ0n) is 10.8. The Kier molecular flexibility index (Phi) is 2.82. The van der Waals surface area contributed by atoms with Crippen LogP contribution >= 0.6 is 11.3 Å². The van der Waals surface area contributed by atoms with Crippen molar-refractivity contribution in [2.24, 2.45) is 0 Å². The number of hydrogen-bond acceptors (Lipinski definition) is 6. The highest BCUT2D eigenvalue weighted by atomic mass is 32.1. The Morgan fingerprint density at radius 3 is 3.35 bits per heavy atom. The molecule has 104 valence electrons. The zero-order valence-corrected chi connectivity index (χ0v) is 11.6. The summed E-state index contributed by atoms with van der Waals surface area (Å²) in [7, 11) is 0. The van der Waals surface area contributed by atoms with Crippen molar-refractivity contribution in [3.05, 3.63) is 23.3 Å². The summed E-state index contributed by atoms with van der Waals surface area (Å²) in [6, 6.07) is 4.47. The zero-order chi connectivity index (χ0) is 13.5. The molecule has 2 aliphatic heterocycles. The van der Waals surface area contributed by atoms with E-state index in [-0.39, 0.29) is 11.9 Å². The van der Waals surface area contributed by atoms with Crippen LogP contribution < -0.4 is 5.32 Å². The number of nitrogens with zero attached hydrogens (tertiary/aromatic N) is 3. The average molecular weight is 290 g/mol. The maximum absolute atomic E-state index is 12.0. The van der Waals surface area contributed by atoms with Crippen LogP contribution in [-0.4, -0.2) is 39.6 Å². The van der Waals surface area contributed by atoms with Crippen molar-refractivity contribution in [2.45, 2.75) is 31.5 Å². The van der Waals surface area contributed by atoms with Crippen molar-refractivity contribution >= 4 is 17.2 Å². The number of thiophene rings is 1. The monoisotopic (exact) mass is 290 g/mol. The molecule has 1 N–H and O–H groups in total. The van der Waals surface area contributed by atoms with Crippen LogP contribution in [0.15, 0.2) is 22.0 Å². The molecule has 20 heavy (non-hydrogen) atoms. The van der Waals surface area contributed by atoms with Crippen molar-refractivity contribution < 1.29 is 9.32 Å². The average Bonchev–Trinajstić information content (AvgIpc) is 3.17. The van der Waals surface area contributed by atoms with Crippen LogP contribution in [0.4, 0.5) is 0 Å². The lowest BCUT2D eigenvalue weighted by molar-refractivity contribution is -0.129. The second-order valence-corrected chi connectivity index (χ2v) is 6.08. The summed E-state index contributed by atoms with van der Waals surface area (Å²) in [5.41, 5.74) is 0. The summed E-state index contributed by atoms with van der Waals surface area (Å²) in [6.45, 7) is 1.42. The SMILES string of the molecule is O=C1C[C@H]2NCC[C@H]2N1Cc1noc(-c2cccs2)n1. The van der Waals surface area contributed by atoms with Gasteiger partial charge in [0.2, 0.25) is 5.91 Å². The molecule has 2 fully saturated rings. The Morgan fingerprint density at radius 2 is 2.50 bits per heavy atom. The van der Waals surface area contributed by atoms with Crippen LogP contribution in [0.5, 0.6) is 0 Å². The second-order valence-electron chi connectivity index (χ2n) is 5.14. The first-order valence-corrected chi connectivity index (χ1v) is 7.58. The largest absolute Gasteiger partial charge is 0.333 e. The van der Waals surface area contributed by atoms with E-state index in [0.29, 0.717) is 30.7 Å². The van der Waals surface area contributed by atoms with E-state index in [1.807, 2.05) is 22.4 Å². The molecule has 1 amide bonds. The van der Waals surface area contributed by atoms with E-state index in [9.17, 15) is 4.79 Å². The van der Waals surface area contributed by atoms with E-state index < -0.39 is 0 Å². The lowest BCUT2D eigenvalue weighted by atomic mass is 10.1. The van der Waals surface area contributed by atoms with Crippen molar-refractivity contribution in [1.82, 2.24) is 20.4 Å². The molecule has 7 heteroatoms. The predicted octanol–water partition coefficient (Wildman–Crippen LogP) is 1.26. The molecule has 6 nitrogen and oxygen atoms in total. The summed E-state index contributed by atoms with van der Waals surface area (Å²) in [4.78, 5) is 19.3. The van der Waals surface area contributed by atoms with Crippen LogP contribution in [0.1, 0.15) is 18.7 Å². The van der Waals surface area contributed by atoms with E-state index in [0.717, 1.165) is 17.8 Å². The molecule has 2 saturated heterocycles. The molecule has 4 rings (SSSR count). The van der Waals surface area contributed by atoms with Gasteiger partial charge in [0.15, 0.2) is 5.82 Å².